The van der Waals surface area contributed by atoms with Crippen LogP contribution in [0.15, 0.2) is 65.5 Å². The Morgan fingerprint density at radius 2 is 2.06 bits per heavy atom. The Kier molecular flexibility index (Phi) is 6.13. The normalized spacial score (nSPS) is 11.3. The zero-order valence-corrected chi connectivity index (χ0v) is 19.0. The maximum atomic E-state index is 6.07. The van der Waals surface area contributed by atoms with Gasteiger partial charge in [-0.1, -0.05) is 28.9 Å². The molecule has 0 unspecified atom stereocenters. The summed E-state index contributed by atoms with van der Waals surface area (Å²) in [6, 6.07) is 13.9. The van der Waals surface area contributed by atoms with Crippen LogP contribution in [0, 0.1) is 6.92 Å². The highest BCUT2D eigenvalue weighted by Crippen LogP contribution is 2.26. The van der Waals surface area contributed by atoms with Gasteiger partial charge in [0.05, 0.1) is 6.20 Å². The Labute approximate surface area is 196 Å². The van der Waals surface area contributed by atoms with Gasteiger partial charge in [-0.25, -0.2) is 4.98 Å². The van der Waals surface area contributed by atoms with Gasteiger partial charge in [-0.05, 0) is 67.6 Å². The number of nitrogens with zero attached hydrogens (tertiary/aromatic N) is 4. The molecule has 0 aliphatic carbocycles. The van der Waals surface area contributed by atoms with Crippen LogP contribution in [0.2, 0.25) is 5.02 Å². The largest absolute Gasteiger partial charge is 0.487 e. The number of fused-ring (bicyclic) bond motifs is 1. The third kappa shape index (κ3) is 5.09. The minimum absolute atomic E-state index is 0.340. The van der Waals surface area contributed by atoms with Gasteiger partial charge in [0.15, 0.2) is 0 Å². The molecule has 2 aromatic carbocycles. The maximum Gasteiger partial charge on any atom is 0.243 e. The first-order valence-corrected chi connectivity index (χ1v) is 11.3. The highest BCUT2D eigenvalue weighted by atomic mass is 35.5. The number of rotatable bonds is 9. The van der Waals surface area contributed by atoms with Gasteiger partial charge in [0.25, 0.3) is 0 Å². The summed E-state index contributed by atoms with van der Waals surface area (Å²) in [7, 11) is 0. The Balaban J connectivity index is 1.16. The summed E-state index contributed by atoms with van der Waals surface area (Å²) >= 11 is 6.07. The van der Waals surface area contributed by atoms with Crippen LogP contribution in [0.5, 0.6) is 5.75 Å². The van der Waals surface area contributed by atoms with Gasteiger partial charge < -0.3 is 14.1 Å². The molecule has 8 heteroatoms. The zero-order valence-electron chi connectivity index (χ0n) is 18.3. The summed E-state index contributed by atoms with van der Waals surface area (Å²) < 4.78 is 13.5. The lowest BCUT2D eigenvalue weighted by Gasteiger charge is -2.09. The predicted octanol–water partition coefficient (Wildman–Crippen LogP) is 5.98. The molecule has 0 aliphatic rings. The second-order valence-corrected chi connectivity index (χ2v) is 8.50. The van der Waals surface area contributed by atoms with E-state index in [2.05, 4.69) is 39.3 Å². The quantitative estimate of drug-likeness (QED) is 0.273. The molecule has 0 atom stereocenters. The number of aryl methyl sites for hydroxylation is 3. The van der Waals surface area contributed by atoms with Crippen molar-refractivity contribution in [2.75, 3.05) is 0 Å². The molecule has 0 saturated heterocycles. The minimum atomic E-state index is 0.340. The highest BCUT2D eigenvalue weighted by Gasteiger charge is 2.11. The van der Waals surface area contributed by atoms with Crippen LogP contribution >= 0.6 is 11.6 Å². The predicted molar refractivity (Wildman–Crippen MR) is 127 cm³/mol. The highest BCUT2D eigenvalue weighted by molar-refractivity contribution is 6.31. The Hall–Kier alpha value is -3.58. The summed E-state index contributed by atoms with van der Waals surface area (Å²) in [4.78, 5) is 7.85. The van der Waals surface area contributed by atoms with E-state index in [0.717, 1.165) is 53.8 Å². The number of hydrogen-bond donors (Lipinski definition) is 1. The first kappa shape index (κ1) is 21.3. The average molecular weight is 462 g/mol. The van der Waals surface area contributed by atoms with E-state index in [1.54, 1.807) is 12.5 Å². The molecule has 3 heterocycles. The summed E-state index contributed by atoms with van der Waals surface area (Å²) in [6.07, 6.45) is 8.43. The molecule has 3 aromatic heterocycles. The van der Waals surface area contributed by atoms with Crippen LogP contribution < -0.4 is 4.74 Å². The van der Waals surface area contributed by atoms with E-state index < -0.39 is 0 Å². The topological polar surface area (TPSA) is 81.8 Å². The second kappa shape index (κ2) is 9.50. The number of oxazole rings is 1. The van der Waals surface area contributed by atoms with Gasteiger partial charge in [0.2, 0.25) is 5.89 Å². The third-order valence-electron chi connectivity index (χ3n) is 5.62. The van der Waals surface area contributed by atoms with Crippen molar-refractivity contribution in [2.24, 2.45) is 0 Å². The Morgan fingerprint density at radius 3 is 2.91 bits per heavy atom. The molecule has 0 amide bonds. The Morgan fingerprint density at radius 1 is 1.12 bits per heavy atom. The number of hydrogen-bond acceptors (Lipinski definition) is 5. The molecule has 7 nitrogen and oxygen atoms in total. The lowest BCUT2D eigenvalue weighted by Crippen LogP contribution is -2.00. The van der Waals surface area contributed by atoms with Gasteiger partial charge in [-0.15, -0.1) is 5.10 Å². The number of halogens is 1. The van der Waals surface area contributed by atoms with Crippen molar-refractivity contribution in [1.82, 2.24) is 25.0 Å². The van der Waals surface area contributed by atoms with Crippen molar-refractivity contribution < 1.29 is 9.15 Å². The van der Waals surface area contributed by atoms with Crippen LogP contribution in [-0.2, 0) is 19.6 Å². The Bertz CT molecular complexity index is 1360. The summed E-state index contributed by atoms with van der Waals surface area (Å²) in [6.45, 7) is 3.36. The van der Waals surface area contributed by atoms with Crippen LogP contribution in [-0.4, -0.2) is 25.0 Å². The number of aromatic nitrogens is 5. The summed E-state index contributed by atoms with van der Waals surface area (Å²) in [5.74, 6) is 1.35. The van der Waals surface area contributed by atoms with Crippen LogP contribution in [0.3, 0.4) is 0 Å². The van der Waals surface area contributed by atoms with E-state index in [9.17, 15) is 0 Å². The molecule has 33 heavy (non-hydrogen) atoms. The zero-order chi connectivity index (χ0) is 22.6. The fraction of sp³-hybridized carbons (Fsp3) is 0.240. The molecule has 5 rings (SSSR count). The van der Waals surface area contributed by atoms with Crippen molar-refractivity contribution in [3.63, 3.8) is 0 Å². The second-order valence-electron chi connectivity index (χ2n) is 8.06. The SMILES string of the molecule is Cc1cc(OCc2coc(-c3cc4ccc(Cl)cc4[nH]3)n2)ccc1CCCCn1ccnn1. The molecule has 1 N–H and O–H groups in total. The maximum absolute atomic E-state index is 6.07. The molecule has 0 fully saturated rings. The van der Waals surface area contributed by atoms with Crippen molar-refractivity contribution in [2.45, 2.75) is 39.3 Å². The average Bonchev–Trinajstić information content (AvgIpc) is 3.56. The molecule has 0 spiro atoms. The van der Waals surface area contributed by atoms with Crippen LogP contribution in [0.25, 0.3) is 22.5 Å². The fourth-order valence-electron chi connectivity index (χ4n) is 3.85. The van der Waals surface area contributed by atoms with E-state index in [-0.39, 0.29) is 0 Å². The van der Waals surface area contributed by atoms with Gasteiger partial charge >= 0.3 is 0 Å². The van der Waals surface area contributed by atoms with E-state index in [0.29, 0.717) is 17.5 Å². The third-order valence-corrected chi connectivity index (χ3v) is 5.86. The van der Waals surface area contributed by atoms with E-state index in [1.807, 2.05) is 41.2 Å². The number of ether oxygens (including phenoxy) is 1. The number of aromatic amines is 1. The van der Waals surface area contributed by atoms with Crippen LogP contribution in [0.4, 0.5) is 0 Å². The number of nitrogens with one attached hydrogen (secondary N) is 1. The molecular weight excluding hydrogens is 438 g/mol. The molecule has 0 saturated carbocycles. The van der Waals surface area contributed by atoms with Gasteiger partial charge in [-0.3, -0.25) is 4.68 Å². The first-order valence-electron chi connectivity index (χ1n) is 10.9. The van der Waals surface area contributed by atoms with Crippen molar-refractivity contribution in [3.8, 4) is 17.3 Å². The number of unbranched alkanes of at least 4 members (excludes halogenated alkanes) is 1. The van der Waals surface area contributed by atoms with E-state index in [4.69, 9.17) is 20.8 Å². The van der Waals surface area contributed by atoms with Crippen molar-refractivity contribution >= 4 is 22.5 Å². The van der Waals surface area contributed by atoms with E-state index in [1.165, 1.54) is 11.1 Å². The molecule has 5 aromatic rings. The number of H-pyrrole nitrogens is 1. The van der Waals surface area contributed by atoms with Gasteiger partial charge in [0.1, 0.15) is 30.0 Å². The monoisotopic (exact) mass is 461 g/mol. The van der Waals surface area contributed by atoms with Crippen LogP contribution in [0.1, 0.15) is 29.7 Å². The molecule has 0 bridgehead atoms. The molecule has 168 valence electrons. The lowest BCUT2D eigenvalue weighted by atomic mass is 10.0. The first-order chi connectivity index (χ1) is 16.1. The van der Waals surface area contributed by atoms with Gasteiger partial charge in [0, 0.05) is 28.7 Å². The summed E-state index contributed by atoms with van der Waals surface area (Å²) in [5, 5.41) is 9.57. The van der Waals surface area contributed by atoms with Crippen molar-refractivity contribution in [3.05, 3.63) is 83.0 Å². The smallest absolute Gasteiger partial charge is 0.243 e. The van der Waals surface area contributed by atoms with E-state index >= 15 is 0 Å². The minimum Gasteiger partial charge on any atom is -0.487 e. The van der Waals surface area contributed by atoms with Crippen molar-refractivity contribution in [1.29, 1.82) is 0 Å². The molecular formula is C25H24ClN5O2. The molecule has 0 aliphatic heterocycles. The standard InChI is InChI=1S/C25H24ClN5O2/c1-17-12-22(8-6-18(17)4-2-3-10-31-11-9-27-30-31)32-15-21-16-33-25(28-21)24-13-19-5-7-20(26)14-23(19)29-24/h5-9,11-14,16,29H,2-4,10,15H2,1H3. The summed E-state index contributed by atoms with van der Waals surface area (Å²) in [5.41, 5.74) is 5.05. The molecule has 0 radical (unpaired) electrons. The lowest BCUT2D eigenvalue weighted by molar-refractivity contribution is 0.300. The van der Waals surface area contributed by atoms with Gasteiger partial charge in [-0.2, -0.15) is 0 Å². The fourth-order valence-corrected chi connectivity index (χ4v) is 4.02. The number of benzene rings is 2.